The molecule has 0 aliphatic carbocycles. The Balaban J connectivity index is 1.80. The SMILES string of the molecule is COc1ccc(F)cc1/C(O)=C1\C(=O)C(=O)N(CCc2ccc(F)cc2)C1c1ccccc1. The maximum Gasteiger partial charge on any atom is 0.295 e. The smallest absolute Gasteiger partial charge is 0.295 e. The zero-order valence-corrected chi connectivity index (χ0v) is 17.8. The summed E-state index contributed by atoms with van der Waals surface area (Å²) in [5.74, 6) is -2.98. The number of ether oxygens (including phenoxy) is 1. The number of likely N-dealkylation sites (tertiary alicyclic amines) is 1. The third-order valence-electron chi connectivity index (χ3n) is 5.63. The van der Waals surface area contributed by atoms with Crippen LogP contribution in [0.2, 0.25) is 0 Å². The van der Waals surface area contributed by atoms with E-state index in [2.05, 4.69) is 0 Å². The number of amides is 1. The van der Waals surface area contributed by atoms with Crippen LogP contribution >= 0.6 is 0 Å². The highest BCUT2D eigenvalue weighted by Crippen LogP contribution is 2.41. The van der Waals surface area contributed by atoms with Crippen LogP contribution in [0.4, 0.5) is 8.78 Å². The fraction of sp³-hybridized carbons (Fsp3) is 0.154. The van der Waals surface area contributed by atoms with Gasteiger partial charge in [-0.1, -0.05) is 42.5 Å². The highest BCUT2D eigenvalue weighted by Gasteiger charge is 2.46. The van der Waals surface area contributed by atoms with Crippen LogP contribution in [0.5, 0.6) is 5.75 Å². The number of methoxy groups -OCH3 is 1. The van der Waals surface area contributed by atoms with Gasteiger partial charge in [0.1, 0.15) is 23.1 Å². The van der Waals surface area contributed by atoms with E-state index < -0.39 is 29.3 Å². The van der Waals surface area contributed by atoms with Gasteiger partial charge in [0.05, 0.1) is 24.3 Å². The number of benzene rings is 3. The predicted octanol–water partition coefficient (Wildman–Crippen LogP) is 4.64. The number of carbonyl (C=O) groups is 2. The Morgan fingerprint density at radius 3 is 2.30 bits per heavy atom. The van der Waals surface area contributed by atoms with E-state index in [9.17, 15) is 23.5 Å². The van der Waals surface area contributed by atoms with Crippen molar-refractivity contribution in [1.82, 2.24) is 4.90 Å². The third-order valence-corrected chi connectivity index (χ3v) is 5.63. The lowest BCUT2D eigenvalue weighted by Crippen LogP contribution is -2.31. The maximum atomic E-state index is 14.0. The second kappa shape index (κ2) is 9.24. The molecule has 1 unspecified atom stereocenters. The zero-order valence-electron chi connectivity index (χ0n) is 17.8. The van der Waals surface area contributed by atoms with Crippen LogP contribution in [0.1, 0.15) is 22.7 Å². The van der Waals surface area contributed by atoms with Crippen molar-refractivity contribution >= 4 is 17.4 Å². The molecule has 1 amide bonds. The molecule has 1 saturated heterocycles. The molecular weight excluding hydrogens is 428 g/mol. The molecular formula is C26H21F2NO4. The molecule has 0 aromatic heterocycles. The lowest BCUT2D eigenvalue weighted by molar-refractivity contribution is -0.139. The highest BCUT2D eigenvalue weighted by molar-refractivity contribution is 6.46. The van der Waals surface area contributed by atoms with E-state index >= 15 is 0 Å². The van der Waals surface area contributed by atoms with Crippen LogP contribution < -0.4 is 4.74 Å². The van der Waals surface area contributed by atoms with Gasteiger partial charge in [0, 0.05) is 6.54 Å². The minimum Gasteiger partial charge on any atom is -0.507 e. The van der Waals surface area contributed by atoms with Crippen molar-refractivity contribution in [3.8, 4) is 5.75 Å². The van der Waals surface area contributed by atoms with Crippen molar-refractivity contribution in [2.75, 3.05) is 13.7 Å². The van der Waals surface area contributed by atoms with Gasteiger partial charge in [-0.2, -0.15) is 0 Å². The monoisotopic (exact) mass is 449 g/mol. The van der Waals surface area contributed by atoms with E-state index in [1.54, 1.807) is 42.5 Å². The second-order valence-electron chi connectivity index (χ2n) is 7.62. The summed E-state index contributed by atoms with van der Waals surface area (Å²) in [5.41, 5.74) is 1.24. The second-order valence-corrected chi connectivity index (χ2v) is 7.62. The highest BCUT2D eigenvalue weighted by atomic mass is 19.1. The molecule has 1 aliphatic rings. The zero-order chi connectivity index (χ0) is 23.5. The van der Waals surface area contributed by atoms with Gasteiger partial charge in [-0.25, -0.2) is 8.78 Å². The van der Waals surface area contributed by atoms with E-state index in [1.807, 2.05) is 0 Å². The van der Waals surface area contributed by atoms with Gasteiger partial charge < -0.3 is 14.7 Å². The summed E-state index contributed by atoms with van der Waals surface area (Å²) in [5, 5.41) is 11.1. The normalized spacial score (nSPS) is 17.4. The van der Waals surface area contributed by atoms with Crippen molar-refractivity contribution in [2.24, 2.45) is 0 Å². The number of ketones is 1. The number of carbonyl (C=O) groups excluding carboxylic acids is 2. The Morgan fingerprint density at radius 1 is 0.970 bits per heavy atom. The summed E-state index contributed by atoms with van der Waals surface area (Å²) in [6.45, 7) is 0.160. The molecule has 0 saturated carbocycles. The van der Waals surface area contributed by atoms with Gasteiger partial charge in [0.25, 0.3) is 11.7 Å². The first kappa shape index (κ1) is 22.2. The quantitative estimate of drug-likeness (QED) is 0.338. The summed E-state index contributed by atoms with van der Waals surface area (Å²) < 4.78 is 32.4. The molecule has 168 valence electrons. The minimum absolute atomic E-state index is 0.0186. The number of Topliss-reactive ketones (excluding diaryl/α,β-unsaturated/α-hetero) is 1. The summed E-state index contributed by atoms with van der Waals surface area (Å²) in [6.07, 6.45) is 0.375. The van der Waals surface area contributed by atoms with E-state index in [0.29, 0.717) is 12.0 Å². The Hall–Kier alpha value is -4.00. The van der Waals surface area contributed by atoms with Crippen molar-refractivity contribution in [3.63, 3.8) is 0 Å². The lowest BCUT2D eigenvalue weighted by Gasteiger charge is -2.25. The number of aliphatic hydroxyl groups is 1. The molecule has 33 heavy (non-hydrogen) atoms. The Labute approximate surface area is 189 Å². The third kappa shape index (κ3) is 4.35. The van der Waals surface area contributed by atoms with Crippen molar-refractivity contribution in [3.05, 3.63) is 107 Å². The fourth-order valence-electron chi connectivity index (χ4n) is 4.00. The molecule has 1 aliphatic heterocycles. The summed E-state index contributed by atoms with van der Waals surface area (Å²) in [4.78, 5) is 27.4. The Morgan fingerprint density at radius 2 is 1.64 bits per heavy atom. The molecule has 1 atom stereocenters. The van der Waals surface area contributed by atoms with Gasteiger partial charge >= 0.3 is 0 Å². The Bertz CT molecular complexity index is 1220. The molecule has 3 aromatic carbocycles. The molecule has 0 bridgehead atoms. The van der Waals surface area contributed by atoms with Gasteiger partial charge in [0.15, 0.2) is 0 Å². The topological polar surface area (TPSA) is 66.8 Å². The van der Waals surface area contributed by atoms with Crippen molar-refractivity contribution in [2.45, 2.75) is 12.5 Å². The first-order valence-corrected chi connectivity index (χ1v) is 10.3. The van der Waals surface area contributed by atoms with E-state index in [0.717, 1.165) is 11.6 Å². The number of hydrogen-bond donors (Lipinski definition) is 1. The van der Waals surface area contributed by atoms with Crippen LogP contribution in [-0.2, 0) is 16.0 Å². The van der Waals surface area contributed by atoms with Crippen LogP contribution in [0.15, 0.2) is 78.4 Å². The van der Waals surface area contributed by atoms with Crippen molar-refractivity contribution < 1.29 is 28.2 Å². The van der Waals surface area contributed by atoms with E-state index in [-0.39, 0.29) is 29.2 Å². The molecule has 1 fully saturated rings. The first-order chi connectivity index (χ1) is 15.9. The average Bonchev–Trinajstić information content (AvgIpc) is 3.08. The summed E-state index contributed by atoms with van der Waals surface area (Å²) in [7, 11) is 1.36. The molecule has 1 heterocycles. The predicted molar refractivity (Wildman–Crippen MR) is 119 cm³/mol. The van der Waals surface area contributed by atoms with Crippen LogP contribution in [0.3, 0.4) is 0 Å². The van der Waals surface area contributed by atoms with E-state index in [1.165, 1.54) is 36.3 Å². The van der Waals surface area contributed by atoms with Crippen molar-refractivity contribution in [1.29, 1.82) is 0 Å². The molecule has 0 radical (unpaired) electrons. The summed E-state index contributed by atoms with van der Waals surface area (Å²) in [6, 6.07) is 17.4. The molecule has 3 aromatic rings. The summed E-state index contributed by atoms with van der Waals surface area (Å²) >= 11 is 0. The van der Waals surface area contributed by atoms with Crippen LogP contribution in [0.25, 0.3) is 5.76 Å². The lowest BCUT2D eigenvalue weighted by atomic mass is 9.95. The van der Waals surface area contributed by atoms with Gasteiger partial charge in [-0.3, -0.25) is 9.59 Å². The number of hydrogen-bond acceptors (Lipinski definition) is 4. The largest absolute Gasteiger partial charge is 0.507 e. The molecule has 7 heteroatoms. The molecule has 5 nitrogen and oxygen atoms in total. The standard InChI is InChI=1S/C26H21F2NO4/c1-33-21-12-11-19(28)15-20(21)24(30)22-23(17-5-3-2-4-6-17)29(26(32)25(22)31)14-13-16-7-9-18(27)10-8-16/h2-12,15,23,30H,13-14H2,1H3/b24-22+. The fourth-order valence-corrected chi connectivity index (χ4v) is 4.00. The van der Waals surface area contributed by atoms with Gasteiger partial charge in [-0.05, 0) is 47.9 Å². The number of nitrogens with zero attached hydrogens (tertiary/aromatic N) is 1. The first-order valence-electron chi connectivity index (χ1n) is 10.3. The van der Waals surface area contributed by atoms with E-state index in [4.69, 9.17) is 4.74 Å². The van der Waals surface area contributed by atoms with Gasteiger partial charge in [0.2, 0.25) is 0 Å². The van der Waals surface area contributed by atoms with Crippen LogP contribution in [-0.4, -0.2) is 35.4 Å². The van der Waals surface area contributed by atoms with Crippen LogP contribution in [0, 0.1) is 11.6 Å². The average molecular weight is 449 g/mol. The minimum atomic E-state index is -0.875. The number of halogens is 2. The molecule has 4 rings (SSSR count). The Kier molecular flexibility index (Phi) is 6.22. The molecule has 1 N–H and O–H groups in total. The molecule has 0 spiro atoms. The number of rotatable bonds is 6. The maximum absolute atomic E-state index is 14.0. The number of aliphatic hydroxyl groups excluding tert-OH is 1. The van der Waals surface area contributed by atoms with Gasteiger partial charge in [-0.15, -0.1) is 0 Å².